The molecule has 0 aliphatic carbocycles. The van der Waals surface area contributed by atoms with Gasteiger partial charge in [0.1, 0.15) is 5.82 Å². The molecule has 0 unspecified atom stereocenters. The Bertz CT molecular complexity index is 758. The number of aryl methyl sites for hydroxylation is 1. The number of anilines is 1. The van der Waals surface area contributed by atoms with Crippen molar-refractivity contribution in [2.45, 2.75) is 26.3 Å². The van der Waals surface area contributed by atoms with Crippen LogP contribution in [0.5, 0.6) is 0 Å². The van der Waals surface area contributed by atoms with Crippen LogP contribution in [-0.4, -0.2) is 26.7 Å². The van der Waals surface area contributed by atoms with Crippen molar-refractivity contribution in [3.63, 3.8) is 0 Å². The maximum atomic E-state index is 5.30. The summed E-state index contributed by atoms with van der Waals surface area (Å²) in [5.41, 5.74) is 2.12. The molecule has 0 saturated heterocycles. The molecular weight excluding hydrogens is 266 g/mol. The third-order valence-electron chi connectivity index (χ3n) is 3.53. The molecule has 0 aliphatic rings. The second-order valence-corrected chi connectivity index (χ2v) is 5.52. The number of rotatable bonds is 4. The number of hydrogen-bond donors (Lipinski definition) is 0. The van der Waals surface area contributed by atoms with Crippen LogP contribution in [0.3, 0.4) is 0 Å². The van der Waals surface area contributed by atoms with E-state index in [0.717, 1.165) is 22.7 Å². The van der Waals surface area contributed by atoms with Gasteiger partial charge in [-0.2, -0.15) is 4.98 Å². The fraction of sp³-hybridized carbons (Fsp3) is 0.400. The Morgan fingerprint density at radius 1 is 1.24 bits per heavy atom. The smallest absolute Gasteiger partial charge is 0.324 e. The summed E-state index contributed by atoms with van der Waals surface area (Å²) in [5.74, 6) is 1.94. The first kappa shape index (κ1) is 13.6. The van der Waals surface area contributed by atoms with Gasteiger partial charge in [-0.1, -0.05) is 31.1 Å². The first-order valence-electron chi connectivity index (χ1n) is 7.01. The third-order valence-corrected chi connectivity index (χ3v) is 3.53. The van der Waals surface area contributed by atoms with E-state index >= 15 is 0 Å². The Morgan fingerprint density at radius 3 is 2.67 bits per heavy atom. The normalized spacial score (nSPS) is 11.5. The monoisotopic (exact) mass is 285 g/mol. The zero-order valence-corrected chi connectivity index (χ0v) is 12.7. The highest BCUT2D eigenvalue weighted by molar-refractivity contribution is 5.75. The van der Waals surface area contributed by atoms with E-state index in [1.165, 1.54) is 0 Å². The predicted molar refractivity (Wildman–Crippen MR) is 81.2 cm³/mol. The molecule has 21 heavy (non-hydrogen) atoms. The lowest BCUT2D eigenvalue weighted by Crippen LogP contribution is -2.19. The van der Waals surface area contributed by atoms with Gasteiger partial charge in [0.25, 0.3) is 0 Å². The molecule has 0 aliphatic heterocycles. The van der Waals surface area contributed by atoms with Gasteiger partial charge in [-0.15, -0.1) is 0 Å². The second-order valence-electron chi connectivity index (χ2n) is 5.52. The minimum absolute atomic E-state index is 0.256. The quantitative estimate of drug-likeness (QED) is 0.737. The number of benzene rings is 1. The van der Waals surface area contributed by atoms with Crippen LogP contribution >= 0.6 is 0 Å². The molecule has 0 atom stereocenters. The van der Waals surface area contributed by atoms with Gasteiger partial charge in [0.2, 0.25) is 0 Å². The van der Waals surface area contributed by atoms with Gasteiger partial charge in [-0.25, -0.2) is 4.98 Å². The Hall–Kier alpha value is -2.37. The Labute approximate surface area is 123 Å². The van der Waals surface area contributed by atoms with E-state index < -0.39 is 0 Å². The van der Waals surface area contributed by atoms with Gasteiger partial charge in [0.15, 0.2) is 5.82 Å². The number of para-hydroxylation sites is 2. The molecule has 0 amide bonds. The molecule has 3 rings (SSSR count). The van der Waals surface area contributed by atoms with Crippen LogP contribution in [0.4, 0.5) is 6.01 Å². The van der Waals surface area contributed by atoms with E-state index in [9.17, 15) is 0 Å². The average Bonchev–Trinajstić information content (AvgIpc) is 3.06. The topological polar surface area (TPSA) is 60.0 Å². The lowest BCUT2D eigenvalue weighted by Gasteiger charge is -2.13. The van der Waals surface area contributed by atoms with E-state index in [1.54, 1.807) is 0 Å². The van der Waals surface area contributed by atoms with E-state index in [0.29, 0.717) is 12.6 Å². The van der Waals surface area contributed by atoms with E-state index in [2.05, 4.69) is 25.8 Å². The van der Waals surface area contributed by atoms with E-state index in [-0.39, 0.29) is 5.92 Å². The summed E-state index contributed by atoms with van der Waals surface area (Å²) in [6.45, 7) is 4.70. The molecule has 1 aromatic carbocycles. The molecule has 0 radical (unpaired) electrons. The maximum absolute atomic E-state index is 5.30. The van der Waals surface area contributed by atoms with Crippen molar-refractivity contribution in [2.24, 2.45) is 7.05 Å². The highest BCUT2D eigenvalue weighted by Crippen LogP contribution is 2.19. The number of fused-ring (bicyclic) bond motifs is 1. The standard InChI is InChI=1S/C15H19N5O/c1-10(2)14-17-15(21-18-14)19(3)9-13-16-11-7-5-6-8-12(11)20(13)4/h5-8,10H,9H2,1-4H3. The largest absolute Gasteiger partial charge is 0.330 e. The molecule has 0 fully saturated rings. The van der Waals surface area contributed by atoms with Crippen molar-refractivity contribution in [3.8, 4) is 0 Å². The summed E-state index contributed by atoms with van der Waals surface area (Å²) in [7, 11) is 3.95. The number of aromatic nitrogens is 4. The molecule has 0 saturated carbocycles. The number of hydrogen-bond acceptors (Lipinski definition) is 5. The Morgan fingerprint density at radius 2 is 2.00 bits per heavy atom. The van der Waals surface area contributed by atoms with Crippen LogP contribution < -0.4 is 4.90 Å². The summed E-state index contributed by atoms with van der Waals surface area (Å²) >= 11 is 0. The Balaban J connectivity index is 1.85. The molecule has 0 N–H and O–H groups in total. The Kier molecular flexibility index (Phi) is 3.37. The van der Waals surface area contributed by atoms with Crippen molar-refractivity contribution in [2.75, 3.05) is 11.9 Å². The molecule has 0 bridgehead atoms. The summed E-state index contributed by atoms with van der Waals surface area (Å²) < 4.78 is 7.39. The van der Waals surface area contributed by atoms with Crippen LogP contribution in [0.1, 0.15) is 31.4 Å². The fourth-order valence-electron chi connectivity index (χ4n) is 2.23. The summed E-state index contributed by atoms with van der Waals surface area (Å²) in [4.78, 5) is 11.0. The van der Waals surface area contributed by atoms with E-state index in [1.807, 2.05) is 51.0 Å². The SMILES string of the molecule is CC(C)c1noc(N(C)Cc2nc3ccccc3n2C)n1. The van der Waals surface area contributed by atoms with Crippen molar-refractivity contribution in [3.05, 3.63) is 35.9 Å². The van der Waals surface area contributed by atoms with Gasteiger partial charge < -0.3 is 14.0 Å². The van der Waals surface area contributed by atoms with Gasteiger partial charge >= 0.3 is 6.01 Å². The summed E-state index contributed by atoms with van der Waals surface area (Å²) in [6.07, 6.45) is 0. The zero-order valence-electron chi connectivity index (χ0n) is 12.7. The number of nitrogens with zero attached hydrogens (tertiary/aromatic N) is 5. The average molecular weight is 285 g/mol. The lowest BCUT2D eigenvalue weighted by molar-refractivity contribution is 0.406. The molecular formula is C15H19N5O. The number of imidazole rings is 1. The predicted octanol–water partition coefficient (Wildman–Crippen LogP) is 2.72. The summed E-state index contributed by atoms with van der Waals surface area (Å²) in [6, 6.07) is 8.61. The zero-order chi connectivity index (χ0) is 15.0. The van der Waals surface area contributed by atoms with Crippen LogP contribution in [0.2, 0.25) is 0 Å². The highest BCUT2D eigenvalue weighted by atomic mass is 16.5. The third kappa shape index (κ3) is 2.49. The van der Waals surface area contributed by atoms with Crippen molar-refractivity contribution in [1.82, 2.24) is 19.7 Å². The van der Waals surface area contributed by atoms with Gasteiger partial charge in [0, 0.05) is 20.0 Å². The highest BCUT2D eigenvalue weighted by Gasteiger charge is 2.16. The maximum Gasteiger partial charge on any atom is 0.324 e. The van der Waals surface area contributed by atoms with Crippen LogP contribution in [0.25, 0.3) is 11.0 Å². The second kappa shape index (κ2) is 5.20. The molecule has 6 heteroatoms. The van der Waals surface area contributed by atoms with Gasteiger partial charge in [-0.3, -0.25) is 0 Å². The molecule has 3 aromatic rings. The van der Waals surface area contributed by atoms with Crippen LogP contribution in [0, 0.1) is 0 Å². The summed E-state index contributed by atoms with van der Waals surface area (Å²) in [5, 5.41) is 3.99. The molecule has 2 aromatic heterocycles. The first-order chi connectivity index (χ1) is 10.1. The first-order valence-corrected chi connectivity index (χ1v) is 7.01. The van der Waals surface area contributed by atoms with Gasteiger partial charge in [-0.05, 0) is 12.1 Å². The molecule has 6 nitrogen and oxygen atoms in total. The van der Waals surface area contributed by atoms with Gasteiger partial charge in [0.05, 0.1) is 17.6 Å². The fourth-order valence-corrected chi connectivity index (χ4v) is 2.23. The molecule has 2 heterocycles. The van der Waals surface area contributed by atoms with Crippen molar-refractivity contribution < 1.29 is 4.52 Å². The molecule has 110 valence electrons. The lowest BCUT2D eigenvalue weighted by atomic mass is 10.2. The van der Waals surface area contributed by atoms with E-state index in [4.69, 9.17) is 4.52 Å². The minimum atomic E-state index is 0.256. The van der Waals surface area contributed by atoms with Crippen LogP contribution in [0.15, 0.2) is 28.8 Å². The molecule has 0 spiro atoms. The van der Waals surface area contributed by atoms with Crippen LogP contribution in [-0.2, 0) is 13.6 Å². The minimum Gasteiger partial charge on any atom is -0.330 e. The van der Waals surface area contributed by atoms with Crippen molar-refractivity contribution >= 4 is 17.0 Å². The van der Waals surface area contributed by atoms with Crippen molar-refractivity contribution in [1.29, 1.82) is 0 Å².